The van der Waals surface area contributed by atoms with Gasteiger partial charge in [-0.1, -0.05) is 206 Å². The maximum Gasteiger partial charge on any atom is 0.0562 e. The molecular formula is C66H42N2S. The van der Waals surface area contributed by atoms with E-state index in [1.807, 2.05) is 11.3 Å². The molecule has 0 aliphatic carbocycles. The summed E-state index contributed by atoms with van der Waals surface area (Å²) in [4.78, 5) is 2.53. The first-order valence-electron chi connectivity index (χ1n) is 23.7. The van der Waals surface area contributed by atoms with Gasteiger partial charge in [0.25, 0.3) is 0 Å². The zero-order valence-electron chi connectivity index (χ0n) is 37.6. The van der Waals surface area contributed by atoms with Gasteiger partial charge in [0.15, 0.2) is 0 Å². The van der Waals surface area contributed by atoms with Gasteiger partial charge in [-0.25, -0.2) is 0 Å². The molecule has 0 N–H and O–H groups in total. The Morgan fingerprint density at radius 2 is 0.812 bits per heavy atom. The van der Waals surface area contributed by atoms with Crippen LogP contribution in [0.5, 0.6) is 0 Å². The molecule has 0 aliphatic rings. The van der Waals surface area contributed by atoms with Crippen LogP contribution in [0.3, 0.4) is 0 Å². The van der Waals surface area contributed by atoms with E-state index >= 15 is 0 Å². The lowest BCUT2D eigenvalue weighted by Crippen LogP contribution is -2.11. The standard InChI is InChI=1S/C66H42N2S/c1-4-21-50-45(15-1)18-11-26-51(50)48-35-33-43(34-36-48)44-37-39-49(40-38-44)67(60-30-14-31-61-64(60)56-24-7-9-28-59(56)68(61)58-29-13-20-47-17-3-6-23-53(47)58)62-42-41-55(54-27-12-19-46-16-2-5-22-52(46)54)66-65(62)57-25-8-10-32-63(57)69-66/h1-42H. The number of benzene rings is 12. The summed E-state index contributed by atoms with van der Waals surface area (Å²) < 4.78 is 5.02. The molecule has 0 bridgehead atoms. The molecule has 0 spiro atoms. The van der Waals surface area contributed by atoms with Crippen molar-refractivity contribution in [3.63, 3.8) is 0 Å². The predicted octanol–water partition coefficient (Wildman–Crippen LogP) is 19.1. The fourth-order valence-electron chi connectivity index (χ4n) is 11.0. The second-order valence-electron chi connectivity index (χ2n) is 18.0. The Balaban J connectivity index is 1.00. The summed E-state index contributed by atoms with van der Waals surface area (Å²) in [6, 6.07) is 93.8. The van der Waals surface area contributed by atoms with E-state index in [1.54, 1.807) is 0 Å². The van der Waals surface area contributed by atoms with E-state index in [1.165, 1.54) is 108 Å². The molecular weight excluding hydrogens is 853 g/mol. The normalized spacial score (nSPS) is 11.8. The summed E-state index contributed by atoms with van der Waals surface area (Å²) in [7, 11) is 0. The van der Waals surface area contributed by atoms with Gasteiger partial charge in [0.05, 0.1) is 28.1 Å². The maximum atomic E-state index is 2.53. The molecule has 2 heterocycles. The fraction of sp³-hybridized carbons (Fsp3) is 0. The van der Waals surface area contributed by atoms with Gasteiger partial charge < -0.3 is 9.47 Å². The van der Waals surface area contributed by atoms with Crippen LogP contribution >= 0.6 is 11.3 Å². The minimum atomic E-state index is 1.09. The zero-order chi connectivity index (χ0) is 45.4. The third-order valence-corrected chi connectivity index (χ3v) is 15.4. The van der Waals surface area contributed by atoms with E-state index in [-0.39, 0.29) is 0 Å². The van der Waals surface area contributed by atoms with Crippen LogP contribution in [-0.2, 0) is 0 Å². The molecule has 0 fully saturated rings. The highest BCUT2D eigenvalue weighted by atomic mass is 32.1. The molecule has 2 aromatic heterocycles. The summed E-state index contributed by atoms with van der Waals surface area (Å²) in [5.74, 6) is 0. The van der Waals surface area contributed by atoms with Gasteiger partial charge in [0, 0.05) is 47.6 Å². The molecule has 322 valence electrons. The second-order valence-corrected chi connectivity index (χ2v) is 19.0. The summed E-state index contributed by atoms with van der Waals surface area (Å²) in [6.45, 7) is 0. The summed E-state index contributed by atoms with van der Waals surface area (Å²) >= 11 is 1.89. The third-order valence-electron chi connectivity index (χ3n) is 14.2. The van der Waals surface area contributed by atoms with Gasteiger partial charge in [-0.3, -0.25) is 0 Å². The summed E-state index contributed by atoms with van der Waals surface area (Å²) in [5, 5.41) is 12.4. The van der Waals surface area contributed by atoms with Gasteiger partial charge in [0.1, 0.15) is 0 Å². The summed E-state index contributed by atoms with van der Waals surface area (Å²) in [6.07, 6.45) is 0. The Morgan fingerprint density at radius 3 is 1.55 bits per heavy atom. The molecule has 14 aromatic rings. The molecule has 2 nitrogen and oxygen atoms in total. The van der Waals surface area contributed by atoms with E-state index in [9.17, 15) is 0 Å². The molecule has 14 rings (SSSR count). The van der Waals surface area contributed by atoms with Gasteiger partial charge in [-0.05, 0) is 103 Å². The molecule has 0 atom stereocenters. The number of hydrogen-bond acceptors (Lipinski definition) is 2. The quantitative estimate of drug-likeness (QED) is 0.155. The van der Waals surface area contributed by atoms with Crippen molar-refractivity contribution in [3.8, 4) is 39.1 Å². The third kappa shape index (κ3) is 6.32. The maximum absolute atomic E-state index is 2.53. The minimum absolute atomic E-state index is 1.09. The molecule has 0 aliphatic heterocycles. The highest BCUT2D eigenvalue weighted by Gasteiger charge is 2.25. The molecule has 12 aromatic carbocycles. The predicted molar refractivity (Wildman–Crippen MR) is 297 cm³/mol. The summed E-state index contributed by atoms with van der Waals surface area (Å²) in [5.41, 5.74) is 14.2. The Hall–Kier alpha value is -8.76. The first-order chi connectivity index (χ1) is 34.2. The highest BCUT2D eigenvalue weighted by Crippen LogP contribution is 2.51. The number of rotatable bonds is 7. The first-order valence-corrected chi connectivity index (χ1v) is 24.5. The Morgan fingerprint density at radius 1 is 0.304 bits per heavy atom. The van der Waals surface area contributed by atoms with Gasteiger partial charge in [-0.2, -0.15) is 0 Å². The zero-order valence-corrected chi connectivity index (χ0v) is 38.4. The number of thiophene rings is 1. The molecule has 0 radical (unpaired) electrons. The van der Waals surface area contributed by atoms with Crippen molar-refractivity contribution in [2.75, 3.05) is 4.90 Å². The van der Waals surface area contributed by atoms with Crippen molar-refractivity contribution in [3.05, 3.63) is 255 Å². The highest BCUT2D eigenvalue weighted by molar-refractivity contribution is 7.26. The molecule has 0 saturated heterocycles. The van der Waals surface area contributed by atoms with Gasteiger partial charge in [-0.15, -0.1) is 11.3 Å². The Labute approximate surface area is 403 Å². The van der Waals surface area contributed by atoms with E-state index < -0.39 is 0 Å². The van der Waals surface area contributed by atoms with Crippen molar-refractivity contribution in [2.45, 2.75) is 0 Å². The number of hydrogen-bond donors (Lipinski definition) is 0. The molecule has 0 saturated carbocycles. The fourth-order valence-corrected chi connectivity index (χ4v) is 12.3. The topological polar surface area (TPSA) is 8.17 Å². The van der Waals surface area contributed by atoms with Crippen LogP contribution in [0.25, 0.3) is 113 Å². The van der Waals surface area contributed by atoms with E-state index in [0.29, 0.717) is 0 Å². The van der Waals surface area contributed by atoms with Crippen molar-refractivity contribution in [1.82, 2.24) is 4.57 Å². The number of anilines is 3. The van der Waals surface area contributed by atoms with Gasteiger partial charge >= 0.3 is 0 Å². The number of nitrogens with zero attached hydrogens (tertiary/aromatic N) is 2. The van der Waals surface area contributed by atoms with Crippen LogP contribution in [-0.4, -0.2) is 4.57 Å². The van der Waals surface area contributed by atoms with Crippen LogP contribution in [0.4, 0.5) is 17.1 Å². The number of aromatic nitrogens is 1. The van der Waals surface area contributed by atoms with E-state index in [2.05, 4.69) is 264 Å². The van der Waals surface area contributed by atoms with Crippen molar-refractivity contribution < 1.29 is 0 Å². The van der Waals surface area contributed by atoms with Crippen LogP contribution in [0.1, 0.15) is 0 Å². The molecule has 0 unspecified atom stereocenters. The Kier molecular flexibility index (Phi) is 9.11. The average molecular weight is 895 g/mol. The lowest BCUT2D eigenvalue weighted by Gasteiger charge is -2.28. The van der Waals surface area contributed by atoms with Crippen LogP contribution in [0.2, 0.25) is 0 Å². The minimum Gasteiger partial charge on any atom is -0.309 e. The monoisotopic (exact) mass is 894 g/mol. The second kappa shape index (κ2) is 16.0. The van der Waals surface area contributed by atoms with Crippen molar-refractivity contribution >= 4 is 103 Å². The lowest BCUT2D eigenvalue weighted by atomic mass is 9.95. The van der Waals surface area contributed by atoms with Crippen molar-refractivity contribution in [2.24, 2.45) is 0 Å². The first kappa shape index (κ1) is 39.4. The largest absolute Gasteiger partial charge is 0.309 e. The van der Waals surface area contributed by atoms with Crippen LogP contribution in [0, 0.1) is 0 Å². The number of para-hydroxylation sites is 1. The van der Waals surface area contributed by atoms with Crippen LogP contribution < -0.4 is 4.90 Å². The van der Waals surface area contributed by atoms with Crippen LogP contribution in [0.15, 0.2) is 255 Å². The van der Waals surface area contributed by atoms with E-state index in [0.717, 1.165) is 22.6 Å². The van der Waals surface area contributed by atoms with Gasteiger partial charge in [0.2, 0.25) is 0 Å². The average Bonchev–Trinajstić information content (AvgIpc) is 3.98. The number of fused-ring (bicyclic) bond motifs is 9. The van der Waals surface area contributed by atoms with Crippen molar-refractivity contribution in [1.29, 1.82) is 0 Å². The lowest BCUT2D eigenvalue weighted by molar-refractivity contribution is 1.20. The van der Waals surface area contributed by atoms with E-state index in [4.69, 9.17) is 0 Å². The molecule has 69 heavy (non-hydrogen) atoms. The Bertz CT molecular complexity index is 4280. The molecule has 0 amide bonds. The molecule has 3 heteroatoms. The SMILES string of the molecule is c1ccc2c(-c3ccc(-c4ccc(N(c5ccc(-c6cccc7ccccc67)c6sc7ccccc7c56)c5cccc6c5c5ccccc5n6-c5cccc6ccccc56)cc4)cc3)cccc2c1. The smallest absolute Gasteiger partial charge is 0.0562 e.